The smallest absolute Gasteiger partial charge is 0.0822 e. The van der Waals surface area contributed by atoms with Crippen molar-refractivity contribution in [2.24, 2.45) is 5.41 Å². The van der Waals surface area contributed by atoms with E-state index in [1.54, 1.807) is 0 Å². The van der Waals surface area contributed by atoms with Crippen molar-refractivity contribution in [2.75, 3.05) is 0 Å². The lowest BCUT2D eigenvalue weighted by atomic mass is 9.87. The number of hydrogen-bond donors (Lipinski definition) is 0. The molecule has 1 atom stereocenters. The van der Waals surface area contributed by atoms with E-state index >= 15 is 0 Å². The Hall–Kier alpha value is -3.22. The number of benzene rings is 4. The summed E-state index contributed by atoms with van der Waals surface area (Å²) in [6, 6.07) is 24.9. The molecule has 1 unspecified atom stereocenters. The molecule has 0 saturated carbocycles. The van der Waals surface area contributed by atoms with Crippen LogP contribution in [-0.4, -0.2) is 9.38 Å². The molecular weight excluding hydrogens is 419 g/mol. The average Bonchev–Trinajstić information content (AvgIpc) is 3.13. The number of hydrogen-bond acceptors (Lipinski definition) is 1. The van der Waals surface area contributed by atoms with Gasteiger partial charge in [-0.3, -0.25) is 4.98 Å². The largest absolute Gasteiger partial charge is 0.307 e. The molecule has 0 spiro atoms. The number of fused-ring (bicyclic) bond motifs is 7. The van der Waals surface area contributed by atoms with Gasteiger partial charge in [0.15, 0.2) is 0 Å². The van der Waals surface area contributed by atoms with Crippen LogP contribution in [0.4, 0.5) is 0 Å². The number of rotatable bonds is 1. The zero-order valence-corrected chi connectivity index (χ0v) is 20.3. The molecule has 0 bridgehead atoms. The van der Waals surface area contributed by atoms with E-state index in [-0.39, 0.29) is 5.41 Å². The van der Waals surface area contributed by atoms with Gasteiger partial charge in [0.2, 0.25) is 0 Å². The van der Waals surface area contributed by atoms with Crippen LogP contribution < -0.4 is 5.30 Å². The van der Waals surface area contributed by atoms with Crippen LogP contribution in [0.1, 0.15) is 26.3 Å². The quantitative estimate of drug-likeness (QED) is 0.145. The zero-order chi connectivity index (χ0) is 22.5. The fraction of sp³-hybridized carbons (Fsp3) is 0.167. The van der Waals surface area contributed by atoms with Crippen molar-refractivity contribution in [1.29, 1.82) is 0 Å². The second kappa shape index (κ2) is 6.43. The first-order valence-corrected chi connectivity index (χ1v) is 12.1. The molecule has 2 nitrogen and oxygen atoms in total. The van der Waals surface area contributed by atoms with Crippen LogP contribution in [0.2, 0.25) is 0 Å². The van der Waals surface area contributed by atoms with Gasteiger partial charge in [0.1, 0.15) is 0 Å². The first-order chi connectivity index (χ1) is 15.9. The van der Waals surface area contributed by atoms with Crippen molar-refractivity contribution >= 4 is 74.3 Å². The number of para-hydroxylation sites is 1. The highest BCUT2D eigenvalue weighted by Crippen LogP contribution is 2.41. The predicted octanol–water partition coefficient (Wildman–Crippen LogP) is 7.63. The van der Waals surface area contributed by atoms with E-state index in [1.807, 2.05) is 6.20 Å². The first kappa shape index (κ1) is 19.3. The average molecular weight is 445 g/mol. The highest BCUT2D eigenvalue weighted by atomic mass is 31.0. The van der Waals surface area contributed by atoms with Crippen molar-refractivity contribution in [1.82, 2.24) is 9.38 Å². The van der Waals surface area contributed by atoms with Gasteiger partial charge in [0.05, 0.1) is 22.1 Å². The summed E-state index contributed by atoms with van der Waals surface area (Å²) in [6.07, 6.45) is 3.02. The number of aromatic nitrogens is 2. The second-order valence-electron chi connectivity index (χ2n) is 10.6. The lowest BCUT2D eigenvalue weighted by molar-refractivity contribution is 0.411. The molecule has 33 heavy (non-hydrogen) atoms. The summed E-state index contributed by atoms with van der Waals surface area (Å²) in [5.41, 5.74) is 6.51. The Morgan fingerprint density at radius 2 is 1.61 bits per heavy atom. The van der Waals surface area contributed by atoms with Gasteiger partial charge in [-0.05, 0) is 57.1 Å². The van der Waals surface area contributed by atoms with Crippen molar-refractivity contribution < 1.29 is 0 Å². The minimum atomic E-state index is 0.263. The molecule has 0 aliphatic carbocycles. The third-order valence-electron chi connectivity index (χ3n) is 6.96. The molecule has 0 aliphatic rings. The Labute approximate surface area is 194 Å². The van der Waals surface area contributed by atoms with Gasteiger partial charge in [-0.2, -0.15) is 0 Å². The summed E-state index contributed by atoms with van der Waals surface area (Å²) >= 11 is 0. The second-order valence-corrected chi connectivity index (χ2v) is 11.2. The van der Waals surface area contributed by atoms with E-state index in [9.17, 15) is 0 Å². The standard InChI is InChI=1S/C30H25N2P/c1-30(2,3)16-17-7-8-19-15-24-23(14-20(19)13-17)27-26-18(11-12-31-27)9-10-22-21-5-4-6-25(33)28(21)32(24)29(22)26/h4-15H,16,33H2,1-3H3. The summed E-state index contributed by atoms with van der Waals surface area (Å²) in [6.45, 7) is 6.90. The van der Waals surface area contributed by atoms with Gasteiger partial charge in [-0.15, -0.1) is 9.24 Å². The van der Waals surface area contributed by atoms with Crippen LogP contribution in [-0.2, 0) is 6.42 Å². The molecular formula is C30H25N2P. The van der Waals surface area contributed by atoms with Crippen LogP contribution in [0.25, 0.3) is 59.8 Å². The third kappa shape index (κ3) is 2.68. The SMILES string of the molecule is CC(C)(C)Cc1ccc2cc3c(cc2c1)c1nccc2ccc4c5cccc(P)c5n3c4c21. The summed E-state index contributed by atoms with van der Waals surface area (Å²) in [7, 11) is 2.95. The number of pyridine rings is 2. The molecule has 160 valence electrons. The number of nitrogens with zero attached hydrogens (tertiary/aromatic N) is 2. The fourth-order valence-electron chi connectivity index (χ4n) is 5.72. The van der Waals surface area contributed by atoms with Crippen LogP contribution in [0.5, 0.6) is 0 Å². The molecule has 0 radical (unpaired) electrons. The normalized spacial score (nSPS) is 13.0. The minimum Gasteiger partial charge on any atom is -0.307 e. The lowest BCUT2D eigenvalue weighted by Crippen LogP contribution is -2.08. The maximum absolute atomic E-state index is 4.92. The Bertz CT molecular complexity index is 1890. The van der Waals surface area contributed by atoms with E-state index in [2.05, 4.69) is 101 Å². The summed E-state index contributed by atoms with van der Waals surface area (Å²) in [5.74, 6) is 0. The zero-order valence-electron chi connectivity index (χ0n) is 19.1. The van der Waals surface area contributed by atoms with E-state index in [1.165, 1.54) is 65.1 Å². The molecule has 3 heteroatoms. The molecule has 0 amide bonds. The summed E-state index contributed by atoms with van der Waals surface area (Å²) in [4.78, 5) is 4.92. The molecule has 3 aromatic heterocycles. The van der Waals surface area contributed by atoms with Gasteiger partial charge in [0.25, 0.3) is 0 Å². The van der Waals surface area contributed by atoms with Gasteiger partial charge >= 0.3 is 0 Å². The predicted molar refractivity (Wildman–Crippen MR) is 146 cm³/mol. The highest BCUT2D eigenvalue weighted by molar-refractivity contribution is 7.28. The Morgan fingerprint density at radius 1 is 0.788 bits per heavy atom. The Kier molecular flexibility index (Phi) is 3.75. The molecule has 0 N–H and O–H groups in total. The topological polar surface area (TPSA) is 17.3 Å². The van der Waals surface area contributed by atoms with E-state index in [4.69, 9.17) is 4.98 Å². The lowest BCUT2D eigenvalue weighted by Gasteiger charge is -2.18. The molecule has 0 saturated heterocycles. The van der Waals surface area contributed by atoms with Crippen molar-refractivity contribution in [2.45, 2.75) is 27.2 Å². The Balaban J connectivity index is 1.73. The molecule has 7 aromatic rings. The fourth-order valence-corrected chi connectivity index (χ4v) is 6.11. The minimum absolute atomic E-state index is 0.263. The van der Waals surface area contributed by atoms with Gasteiger partial charge in [0, 0.05) is 27.7 Å². The van der Waals surface area contributed by atoms with Crippen LogP contribution in [0.3, 0.4) is 0 Å². The van der Waals surface area contributed by atoms with Crippen LogP contribution in [0, 0.1) is 5.41 Å². The Morgan fingerprint density at radius 3 is 2.45 bits per heavy atom. The molecule has 4 aromatic carbocycles. The van der Waals surface area contributed by atoms with Gasteiger partial charge in [-0.1, -0.05) is 69.3 Å². The van der Waals surface area contributed by atoms with Gasteiger partial charge in [-0.25, -0.2) is 0 Å². The van der Waals surface area contributed by atoms with Gasteiger partial charge < -0.3 is 4.40 Å². The third-order valence-corrected chi connectivity index (χ3v) is 7.42. The summed E-state index contributed by atoms with van der Waals surface area (Å²) < 4.78 is 2.47. The van der Waals surface area contributed by atoms with E-state index < -0.39 is 0 Å². The van der Waals surface area contributed by atoms with E-state index in [0.717, 1.165) is 11.9 Å². The molecule has 7 rings (SSSR count). The van der Waals surface area contributed by atoms with E-state index in [0.29, 0.717) is 0 Å². The highest BCUT2D eigenvalue weighted by Gasteiger charge is 2.20. The van der Waals surface area contributed by atoms with Crippen molar-refractivity contribution in [3.05, 3.63) is 78.5 Å². The molecule has 0 fully saturated rings. The monoisotopic (exact) mass is 444 g/mol. The van der Waals surface area contributed by atoms with Crippen molar-refractivity contribution in [3.8, 4) is 0 Å². The first-order valence-electron chi connectivity index (χ1n) is 11.6. The summed E-state index contributed by atoms with van der Waals surface area (Å²) in [5, 5.41) is 10.1. The van der Waals surface area contributed by atoms with Crippen molar-refractivity contribution in [3.63, 3.8) is 0 Å². The molecule has 3 heterocycles. The maximum Gasteiger partial charge on any atom is 0.0822 e. The van der Waals surface area contributed by atoms with Crippen LogP contribution in [0.15, 0.2) is 72.9 Å². The maximum atomic E-state index is 4.92. The van der Waals surface area contributed by atoms with Crippen LogP contribution >= 0.6 is 9.24 Å². The molecule has 0 aliphatic heterocycles.